The van der Waals surface area contributed by atoms with E-state index in [-0.39, 0.29) is 0 Å². The summed E-state index contributed by atoms with van der Waals surface area (Å²) in [4.78, 5) is 2.48. The molecule has 0 saturated carbocycles. The first-order valence-electron chi connectivity index (χ1n) is 8.54. The van der Waals surface area contributed by atoms with Crippen LogP contribution in [0.4, 0.5) is 0 Å². The molecule has 0 N–H and O–H groups in total. The highest BCUT2D eigenvalue weighted by atomic mass is 16.6. The second-order valence-electron chi connectivity index (χ2n) is 5.63. The molecule has 0 bridgehead atoms. The van der Waals surface area contributed by atoms with Gasteiger partial charge < -0.3 is 23.8 Å². The minimum absolute atomic E-state index is 0.508. The van der Waals surface area contributed by atoms with Crippen LogP contribution in [-0.4, -0.2) is 64.7 Å². The van der Waals surface area contributed by atoms with E-state index in [2.05, 4.69) is 4.90 Å². The first-order valence-corrected chi connectivity index (χ1v) is 8.54. The van der Waals surface area contributed by atoms with Crippen LogP contribution in [0.15, 0.2) is 24.3 Å². The second-order valence-corrected chi connectivity index (χ2v) is 5.63. The van der Waals surface area contributed by atoms with Crippen LogP contribution in [0.5, 0.6) is 11.5 Å². The highest BCUT2D eigenvalue weighted by Gasteiger charge is 2.08. The minimum atomic E-state index is 0.508. The standard InChI is InChI=1S/C18H29NO4/c1-20-17-7-3-4-8-18(17)23-16-15-22-14-13-21-12-11-19-9-5-2-6-10-19/h3-4,7-8H,2,5-6,9-16H2,1H3. The maximum Gasteiger partial charge on any atom is 0.161 e. The quantitative estimate of drug-likeness (QED) is 0.585. The zero-order valence-electron chi connectivity index (χ0n) is 14.2. The molecule has 23 heavy (non-hydrogen) atoms. The Kier molecular flexibility index (Phi) is 8.84. The van der Waals surface area contributed by atoms with E-state index in [9.17, 15) is 0 Å². The lowest BCUT2D eigenvalue weighted by Crippen LogP contribution is -2.32. The Hall–Kier alpha value is -1.30. The van der Waals surface area contributed by atoms with E-state index in [1.165, 1.54) is 32.4 Å². The molecule has 0 spiro atoms. The van der Waals surface area contributed by atoms with E-state index < -0.39 is 0 Å². The van der Waals surface area contributed by atoms with Gasteiger partial charge in [0.25, 0.3) is 0 Å². The van der Waals surface area contributed by atoms with Crippen molar-refractivity contribution in [1.29, 1.82) is 0 Å². The lowest BCUT2D eigenvalue weighted by molar-refractivity contribution is 0.0275. The molecule has 1 aromatic rings. The lowest BCUT2D eigenvalue weighted by Gasteiger charge is -2.26. The molecule has 0 aliphatic carbocycles. The predicted octanol–water partition coefficient (Wildman–Crippen LogP) is 2.59. The monoisotopic (exact) mass is 323 g/mol. The van der Waals surface area contributed by atoms with Gasteiger partial charge in [-0.15, -0.1) is 0 Å². The summed E-state index contributed by atoms with van der Waals surface area (Å²) in [6.07, 6.45) is 4.03. The maximum absolute atomic E-state index is 5.64. The SMILES string of the molecule is COc1ccccc1OCCOCCOCCN1CCCCC1. The Morgan fingerprint density at radius 2 is 1.48 bits per heavy atom. The molecule has 1 aliphatic rings. The number of hydrogen-bond donors (Lipinski definition) is 0. The number of piperidine rings is 1. The van der Waals surface area contributed by atoms with Crippen LogP contribution in [0.1, 0.15) is 19.3 Å². The van der Waals surface area contributed by atoms with Crippen molar-refractivity contribution in [2.75, 3.05) is 59.8 Å². The lowest BCUT2D eigenvalue weighted by atomic mass is 10.1. The predicted molar refractivity (Wildman–Crippen MR) is 90.4 cm³/mol. The number of likely N-dealkylation sites (tertiary alicyclic amines) is 1. The molecule has 1 saturated heterocycles. The van der Waals surface area contributed by atoms with Crippen molar-refractivity contribution in [3.8, 4) is 11.5 Å². The molecule has 5 heteroatoms. The molecular weight excluding hydrogens is 294 g/mol. The van der Waals surface area contributed by atoms with Crippen LogP contribution in [0, 0.1) is 0 Å². The molecule has 0 aromatic heterocycles. The van der Waals surface area contributed by atoms with Gasteiger partial charge in [0, 0.05) is 6.54 Å². The van der Waals surface area contributed by atoms with Crippen LogP contribution in [0.25, 0.3) is 0 Å². The first-order chi connectivity index (χ1) is 11.4. The molecule has 1 aliphatic heterocycles. The molecule has 1 heterocycles. The van der Waals surface area contributed by atoms with Gasteiger partial charge in [0.2, 0.25) is 0 Å². The molecule has 130 valence electrons. The summed E-state index contributed by atoms with van der Waals surface area (Å²) in [6, 6.07) is 7.62. The van der Waals surface area contributed by atoms with Crippen LogP contribution in [0.3, 0.4) is 0 Å². The number of methoxy groups -OCH3 is 1. The van der Waals surface area contributed by atoms with Gasteiger partial charge in [0.15, 0.2) is 11.5 Å². The third kappa shape index (κ3) is 7.20. The van der Waals surface area contributed by atoms with Crippen molar-refractivity contribution < 1.29 is 18.9 Å². The van der Waals surface area contributed by atoms with E-state index >= 15 is 0 Å². The number of ether oxygens (including phenoxy) is 4. The highest BCUT2D eigenvalue weighted by molar-refractivity contribution is 5.39. The summed E-state index contributed by atoms with van der Waals surface area (Å²) < 4.78 is 22.0. The van der Waals surface area contributed by atoms with E-state index in [0.29, 0.717) is 26.4 Å². The van der Waals surface area contributed by atoms with Gasteiger partial charge in [0.1, 0.15) is 6.61 Å². The van der Waals surface area contributed by atoms with Crippen molar-refractivity contribution in [2.45, 2.75) is 19.3 Å². The highest BCUT2D eigenvalue weighted by Crippen LogP contribution is 2.25. The zero-order chi connectivity index (χ0) is 16.2. The normalized spacial score (nSPS) is 15.5. The van der Waals surface area contributed by atoms with Crippen molar-refractivity contribution in [3.63, 3.8) is 0 Å². The van der Waals surface area contributed by atoms with E-state index in [4.69, 9.17) is 18.9 Å². The molecule has 0 radical (unpaired) electrons. The van der Waals surface area contributed by atoms with Crippen LogP contribution in [0.2, 0.25) is 0 Å². The fourth-order valence-corrected chi connectivity index (χ4v) is 2.65. The van der Waals surface area contributed by atoms with Gasteiger partial charge in [-0.3, -0.25) is 0 Å². The van der Waals surface area contributed by atoms with Crippen molar-refractivity contribution in [3.05, 3.63) is 24.3 Å². The average Bonchev–Trinajstić information content (AvgIpc) is 2.61. The number of para-hydroxylation sites is 2. The Labute approximate surface area is 139 Å². The smallest absolute Gasteiger partial charge is 0.161 e. The van der Waals surface area contributed by atoms with Gasteiger partial charge >= 0.3 is 0 Å². The largest absolute Gasteiger partial charge is 0.493 e. The van der Waals surface area contributed by atoms with Gasteiger partial charge in [-0.25, -0.2) is 0 Å². The molecule has 0 amide bonds. The number of hydrogen-bond acceptors (Lipinski definition) is 5. The topological polar surface area (TPSA) is 40.2 Å². The fourth-order valence-electron chi connectivity index (χ4n) is 2.65. The third-order valence-corrected chi connectivity index (χ3v) is 3.93. The van der Waals surface area contributed by atoms with Crippen molar-refractivity contribution >= 4 is 0 Å². The van der Waals surface area contributed by atoms with Gasteiger partial charge in [-0.1, -0.05) is 18.6 Å². The van der Waals surface area contributed by atoms with Crippen molar-refractivity contribution in [1.82, 2.24) is 4.90 Å². The Bertz CT molecular complexity index is 421. The Morgan fingerprint density at radius 3 is 2.22 bits per heavy atom. The Balaban J connectivity index is 1.42. The van der Waals surface area contributed by atoms with Gasteiger partial charge in [0.05, 0.1) is 33.5 Å². The summed E-state index contributed by atoms with van der Waals surface area (Å²) in [5, 5.41) is 0. The zero-order valence-corrected chi connectivity index (χ0v) is 14.2. The van der Waals surface area contributed by atoms with E-state index in [1.54, 1.807) is 7.11 Å². The number of rotatable bonds is 11. The molecule has 2 rings (SSSR count). The van der Waals surface area contributed by atoms with Crippen LogP contribution in [-0.2, 0) is 9.47 Å². The Morgan fingerprint density at radius 1 is 0.826 bits per heavy atom. The summed E-state index contributed by atoms with van der Waals surface area (Å²) >= 11 is 0. The first kappa shape index (κ1) is 18.0. The molecular formula is C18H29NO4. The summed E-state index contributed by atoms with van der Waals surface area (Å²) in [5.41, 5.74) is 0. The fraction of sp³-hybridized carbons (Fsp3) is 0.667. The van der Waals surface area contributed by atoms with Crippen LogP contribution >= 0.6 is 0 Å². The number of benzene rings is 1. The molecule has 1 fully saturated rings. The molecule has 5 nitrogen and oxygen atoms in total. The average molecular weight is 323 g/mol. The third-order valence-electron chi connectivity index (χ3n) is 3.93. The van der Waals surface area contributed by atoms with Crippen LogP contribution < -0.4 is 9.47 Å². The van der Waals surface area contributed by atoms with Crippen molar-refractivity contribution in [2.24, 2.45) is 0 Å². The molecule has 0 unspecified atom stereocenters. The maximum atomic E-state index is 5.64. The summed E-state index contributed by atoms with van der Waals surface area (Å²) in [6.45, 7) is 6.58. The van der Waals surface area contributed by atoms with Gasteiger partial charge in [-0.05, 0) is 38.1 Å². The van der Waals surface area contributed by atoms with E-state index in [1.807, 2.05) is 24.3 Å². The molecule has 0 atom stereocenters. The summed E-state index contributed by atoms with van der Waals surface area (Å²) in [5.74, 6) is 1.49. The van der Waals surface area contributed by atoms with Gasteiger partial charge in [-0.2, -0.15) is 0 Å². The second kappa shape index (κ2) is 11.3. The minimum Gasteiger partial charge on any atom is -0.493 e. The molecule has 1 aromatic carbocycles. The van der Waals surface area contributed by atoms with E-state index in [0.717, 1.165) is 24.7 Å². The summed E-state index contributed by atoms with van der Waals surface area (Å²) in [7, 11) is 1.64. The number of nitrogens with zero attached hydrogens (tertiary/aromatic N) is 1.